The van der Waals surface area contributed by atoms with Crippen LogP contribution in [0.3, 0.4) is 0 Å². The topological polar surface area (TPSA) is 118 Å². The predicted octanol–water partition coefficient (Wildman–Crippen LogP) is 4.10. The normalized spacial score (nSPS) is 16.4. The molecule has 2 N–H and O–H groups in total. The third-order valence-electron chi connectivity index (χ3n) is 6.24. The Bertz CT molecular complexity index is 1460. The molecule has 1 aliphatic carbocycles. The number of nitrogens with one attached hydrogen (secondary N) is 2. The first kappa shape index (κ1) is 23.5. The van der Waals surface area contributed by atoms with E-state index in [2.05, 4.69) is 35.8 Å². The van der Waals surface area contributed by atoms with Crippen LogP contribution in [-0.4, -0.2) is 41.5 Å². The van der Waals surface area contributed by atoms with Gasteiger partial charge >= 0.3 is 0 Å². The molecule has 9 nitrogen and oxygen atoms in total. The maximum atomic E-state index is 13.5. The van der Waals surface area contributed by atoms with Gasteiger partial charge in [0.25, 0.3) is 15.9 Å². The summed E-state index contributed by atoms with van der Waals surface area (Å²) in [6.45, 7) is 8.68. The number of carbonyl (C=O) groups is 1. The van der Waals surface area contributed by atoms with Crippen molar-refractivity contribution >= 4 is 38.5 Å². The number of amides is 1. The molecule has 2 aromatic heterocycles. The SMILES string of the molecule is Cc1nn(C(C)(C)C)c2nc(C3CC3)cc(C(=O)Nc3cccc(S(=O)(=O)NC4=NCCC4)c3)c12. The van der Waals surface area contributed by atoms with Gasteiger partial charge in [-0.1, -0.05) is 6.07 Å². The van der Waals surface area contributed by atoms with Crippen molar-refractivity contribution in [3.63, 3.8) is 0 Å². The monoisotopic (exact) mass is 494 g/mol. The van der Waals surface area contributed by atoms with Crippen LogP contribution in [0.4, 0.5) is 5.69 Å². The Labute approximate surface area is 205 Å². The van der Waals surface area contributed by atoms with Gasteiger partial charge in [-0.25, -0.2) is 18.1 Å². The van der Waals surface area contributed by atoms with E-state index in [-0.39, 0.29) is 16.3 Å². The standard InChI is InChI=1S/C25H30N6O3S/c1-15-22-19(14-20(16-10-11-16)28-23(22)31(29-15)25(2,3)4)24(32)27-17-7-5-8-18(13-17)35(33,34)30-21-9-6-12-26-21/h5,7-8,13-14,16H,6,9-12H2,1-4H3,(H,26,30)(H,27,32). The highest BCUT2D eigenvalue weighted by Gasteiger charge is 2.30. The van der Waals surface area contributed by atoms with Crippen LogP contribution in [0, 0.1) is 6.92 Å². The number of sulfonamides is 1. The van der Waals surface area contributed by atoms with Gasteiger partial charge in [0, 0.05) is 30.3 Å². The smallest absolute Gasteiger partial charge is 0.262 e. The first-order valence-corrected chi connectivity index (χ1v) is 13.4. The fourth-order valence-corrected chi connectivity index (χ4v) is 5.45. The second kappa shape index (κ2) is 8.44. The van der Waals surface area contributed by atoms with Gasteiger partial charge in [0.05, 0.1) is 27.1 Å². The number of fused-ring (bicyclic) bond motifs is 1. The van der Waals surface area contributed by atoms with Crippen molar-refractivity contribution in [3.8, 4) is 0 Å². The first-order chi connectivity index (χ1) is 16.5. The molecule has 35 heavy (non-hydrogen) atoms. The third-order valence-corrected chi connectivity index (χ3v) is 7.62. The Morgan fingerprint density at radius 1 is 1.17 bits per heavy atom. The van der Waals surface area contributed by atoms with Crippen molar-refractivity contribution < 1.29 is 13.2 Å². The maximum Gasteiger partial charge on any atom is 0.262 e. The summed E-state index contributed by atoms with van der Waals surface area (Å²) in [4.78, 5) is 22.7. The quantitative estimate of drug-likeness (QED) is 0.554. The van der Waals surface area contributed by atoms with Gasteiger partial charge in [-0.3, -0.25) is 14.5 Å². The average molecular weight is 495 g/mol. The molecular weight excluding hydrogens is 464 g/mol. The molecular formula is C25H30N6O3S. The number of rotatable bonds is 5. The Hall–Kier alpha value is -3.27. The van der Waals surface area contributed by atoms with E-state index in [4.69, 9.17) is 10.1 Å². The average Bonchev–Trinajstić information content (AvgIpc) is 3.42. The number of aryl methyl sites for hydroxylation is 1. The van der Waals surface area contributed by atoms with Gasteiger partial charge in [-0.2, -0.15) is 5.10 Å². The number of nitrogens with zero attached hydrogens (tertiary/aromatic N) is 4. The molecule has 0 spiro atoms. The lowest BCUT2D eigenvalue weighted by Crippen LogP contribution is -2.29. The molecule has 0 bridgehead atoms. The van der Waals surface area contributed by atoms with Gasteiger partial charge < -0.3 is 5.32 Å². The molecule has 0 unspecified atom stereocenters. The van der Waals surface area contributed by atoms with Crippen LogP contribution in [0.25, 0.3) is 11.0 Å². The van der Waals surface area contributed by atoms with Crippen molar-refractivity contribution in [3.05, 3.63) is 47.3 Å². The van der Waals surface area contributed by atoms with Crippen molar-refractivity contribution in [2.45, 2.75) is 69.7 Å². The number of benzene rings is 1. The van der Waals surface area contributed by atoms with Crippen LogP contribution in [0.1, 0.15) is 74.1 Å². The Balaban J connectivity index is 1.50. The van der Waals surface area contributed by atoms with Crippen molar-refractivity contribution in [1.82, 2.24) is 19.5 Å². The van der Waals surface area contributed by atoms with Crippen molar-refractivity contribution in [2.75, 3.05) is 11.9 Å². The molecule has 1 aliphatic heterocycles. The number of aromatic nitrogens is 3. The van der Waals surface area contributed by atoms with Gasteiger partial charge in [0.1, 0.15) is 5.84 Å². The minimum atomic E-state index is -3.79. The zero-order valence-electron chi connectivity index (χ0n) is 20.4. The molecule has 1 amide bonds. The summed E-state index contributed by atoms with van der Waals surface area (Å²) >= 11 is 0. The maximum absolute atomic E-state index is 13.5. The highest BCUT2D eigenvalue weighted by atomic mass is 32.2. The van der Waals surface area contributed by atoms with Crippen LogP contribution in [0.2, 0.25) is 0 Å². The molecule has 3 heterocycles. The number of amidine groups is 1. The number of anilines is 1. The molecule has 184 valence electrons. The zero-order chi connectivity index (χ0) is 25.0. The number of hydrogen-bond donors (Lipinski definition) is 2. The summed E-state index contributed by atoms with van der Waals surface area (Å²) < 4.78 is 30.1. The Morgan fingerprint density at radius 3 is 2.60 bits per heavy atom. The van der Waals surface area contributed by atoms with Gasteiger partial charge in [0.15, 0.2) is 5.65 Å². The summed E-state index contributed by atoms with van der Waals surface area (Å²) in [5, 5.41) is 8.31. The van der Waals surface area contributed by atoms with Crippen LogP contribution < -0.4 is 10.0 Å². The lowest BCUT2D eigenvalue weighted by Gasteiger charge is -2.20. The highest BCUT2D eigenvalue weighted by Crippen LogP contribution is 2.41. The lowest BCUT2D eigenvalue weighted by molar-refractivity contribution is 0.102. The summed E-state index contributed by atoms with van der Waals surface area (Å²) in [6.07, 6.45) is 3.56. The molecule has 10 heteroatoms. The van der Waals surface area contributed by atoms with Crippen LogP contribution in [0.5, 0.6) is 0 Å². The second-order valence-corrected chi connectivity index (χ2v) is 11.9. The molecule has 2 aliphatic rings. The largest absolute Gasteiger partial charge is 0.322 e. The van der Waals surface area contributed by atoms with Crippen LogP contribution >= 0.6 is 0 Å². The second-order valence-electron chi connectivity index (χ2n) is 10.3. The van der Waals surface area contributed by atoms with E-state index < -0.39 is 10.0 Å². The fraction of sp³-hybridized carbons (Fsp3) is 0.440. The molecule has 0 saturated heterocycles. The Morgan fingerprint density at radius 2 is 1.94 bits per heavy atom. The van der Waals surface area contributed by atoms with Crippen molar-refractivity contribution in [2.24, 2.45) is 4.99 Å². The number of pyridine rings is 1. The molecule has 5 rings (SSSR count). The molecule has 3 aromatic rings. The van der Waals surface area contributed by atoms with Gasteiger partial charge in [-0.15, -0.1) is 0 Å². The van der Waals surface area contributed by atoms with Gasteiger partial charge in [0.2, 0.25) is 0 Å². The van der Waals surface area contributed by atoms with E-state index in [1.165, 1.54) is 12.1 Å². The van der Waals surface area contributed by atoms with Crippen LogP contribution in [0.15, 0.2) is 40.2 Å². The van der Waals surface area contributed by atoms with E-state index in [9.17, 15) is 13.2 Å². The zero-order valence-corrected chi connectivity index (χ0v) is 21.2. The van der Waals surface area contributed by atoms with E-state index in [1.807, 2.05) is 17.7 Å². The van der Waals surface area contributed by atoms with E-state index in [0.717, 1.165) is 30.7 Å². The lowest BCUT2D eigenvalue weighted by atomic mass is 10.1. The predicted molar refractivity (Wildman–Crippen MR) is 135 cm³/mol. The van der Waals surface area contributed by atoms with E-state index >= 15 is 0 Å². The summed E-state index contributed by atoms with van der Waals surface area (Å²) in [6, 6.07) is 8.11. The number of carbonyl (C=O) groups excluding carboxylic acids is 1. The summed E-state index contributed by atoms with van der Waals surface area (Å²) in [7, 11) is -3.79. The van der Waals surface area contributed by atoms with Crippen molar-refractivity contribution in [1.29, 1.82) is 0 Å². The fourth-order valence-electron chi connectivity index (χ4n) is 4.32. The minimum absolute atomic E-state index is 0.0696. The number of aliphatic imine (C=N–C) groups is 1. The molecule has 1 fully saturated rings. The van der Waals surface area contributed by atoms with E-state index in [0.29, 0.717) is 47.0 Å². The molecule has 0 radical (unpaired) electrons. The molecule has 1 saturated carbocycles. The Kier molecular flexibility index (Phi) is 5.66. The highest BCUT2D eigenvalue weighted by molar-refractivity contribution is 7.90. The summed E-state index contributed by atoms with van der Waals surface area (Å²) in [5.74, 6) is 0.503. The van der Waals surface area contributed by atoms with Gasteiger partial charge in [-0.05, 0) is 71.2 Å². The van der Waals surface area contributed by atoms with E-state index in [1.54, 1.807) is 12.1 Å². The minimum Gasteiger partial charge on any atom is -0.322 e. The molecule has 1 aromatic carbocycles. The third kappa shape index (κ3) is 4.67. The molecule has 0 atom stereocenters. The summed E-state index contributed by atoms with van der Waals surface area (Å²) in [5.41, 5.74) is 2.91. The van der Waals surface area contributed by atoms with Crippen LogP contribution in [-0.2, 0) is 15.6 Å². The first-order valence-electron chi connectivity index (χ1n) is 11.9. The number of hydrogen-bond acceptors (Lipinski definition) is 6.